The Kier molecular flexibility index (Phi) is 5.93. The summed E-state index contributed by atoms with van der Waals surface area (Å²) in [6, 6.07) is 13.3. The minimum atomic E-state index is -0.297. The quantitative estimate of drug-likeness (QED) is 0.634. The van der Waals surface area contributed by atoms with Crippen LogP contribution in [0.4, 0.5) is 15.8 Å². The number of hydrogen-bond acceptors (Lipinski definition) is 5. The van der Waals surface area contributed by atoms with Gasteiger partial charge in [0.2, 0.25) is 0 Å². The molecule has 0 aliphatic carbocycles. The lowest BCUT2D eigenvalue weighted by atomic mass is 9.94. The number of Topliss-reactive ketones (excluding diaryl/α,β-unsaturated/α-hetero) is 1. The highest BCUT2D eigenvalue weighted by atomic mass is 32.2. The number of thioether (sulfide) groups is 1. The Balaban J connectivity index is 1.19. The highest BCUT2D eigenvalue weighted by Gasteiger charge is 2.42. The minimum absolute atomic E-state index is 0.107. The number of para-hydroxylation sites is 1. The smallest absolute Gasteiger partial charge is 0.162 e. The summed E-state index contributed by atoms with van der Waals surface area (Å²) in [7, 11) is 2.21. The number of anilines is 2. The van der Waals surface area contributed by atoms with Gasteiger partial charge in [-0.15, -0.1) is 11.8 Å². The number of hydrogen-bond donors (Lipinski definition) is 0. The van der Waals surface area contributed by atoms with Gasteiger partial charge in [-0.05, 0) is 55.3 Å². The van der Waals surface area contributed by atoms with Gasteiger partial charge in [-0.25, -0.2) is 4.39 Å². The lowest BCUT2D eigenvalue weighted by Crippen LogP contribution is -2.45. The van der Waals surface area contributed by atoms with E-state index < -0.39 is 0 Å². The molecule has 0 amide bonds. The number of ketones is 1. The Morgan fingerprint density at radius 1 is 1.13 bits per heavy atom. The van der Waals surface area contributed by atoms with Gasteiger partial charge in [0.15, 0.2) is 5.78 Å². The molecule has 31 heavy (non-hydrogen) atoms. The molecule has 6 heteroatoms. The largest absolute Gasteiger partial charge is 0.371 e. The van der Waals surface area contributed by atoms with Crippen molar-refractivity contribution in [1.29, 1.82) is 0 Å². The molecular weight excluding hydrogens is 409 g/mol. The molecule has 0 aromatic heterocycles. The molecule has 3 heterocycles. The first kappa shape index (κ1) is 20.8. The first-order valence-electron chi connectivity index (χ1n) is 11.3. The third-order valence-corrected chi connectivity index (χ3v) is 8.18. The van der Waals surface area contributed by atoms with Gasteiger partial charge in [-0.3, -0.25) is 9.69 Å². The van der Waals surface area contributed by atoms with Crippen LogP contribution in [0, 0.1) is 5.82 Å². The number of carbonyl (C=O) groups is 1. The van der Waals surface area contributed by atoms with Crippen LogP contribution in [-0.4, -0.2) is 61.6 Å². The SMILES string of the molecule is CN1CCN2c3c(cccc31)[C@H]1CSCN(CCCC(=O)c3ccc(F)cc3)CC[C@@H]12. The number of likely N-dealkylation sites (N-methyl/N-ethyl adjacent to an activating group) is 1. The molecule has 5 rings (SSSR count). The Hall–Kier alpha value is -2.05. The molecule has 0 spiro atoms. The predicted molar refractivity (Wildman–Crippen MR) is 127 cm³/mol. The van der Waals surface area contributed by atoms with Crippen molar-refractivity contribution >= 4 is 28.9 Å². The molecule has 1 saturated heterocycles. The van der Waals surface area contributed by atoms with Crippen molar-refractivity contribution in [1.82, 2.24) is 4.90 Å². The molecule has 2 atom stereocenters. The predicted octanol–water partition coefficient (Wildman–Crippen LogP) is 4.61. The number of halogens is 1. The zero-order valence-electron chi connectivity index (χ0n) is 18.1. The maximum absolute atomic E-state index is 13.1. The molecule has 2 aromatic carbocycles. The van der Waals surface area contributed by atoms with Crippen LogP contribution in [0.2, 0.25) is 0 Å². The minimum Gasteiger partial charge on any atom is -0.371 e. The Labute approximate surface area is 188 Å². The molecule has 0 saturated carbocycles. The maximum Gasteiger partial charge on any atom is 0.162 e. The fourth-order valence-corrected chi connectivity index (χ4v) is 6.66. The Bertz CT molecular complexity index is 950. The average molecular weight is 440 g/mol. The molecular formula is C25H30FN3OS. The number of carbonyl (C=O) groups excluding carboxylic acids is 1. The highest BCUT2D eigenvalue weighted by Crippen LogP contribution is 2.50. The van der Waals surface area contributed by atoms with Crippen LogP contribution >= 0.6 is 11.8 Å². The molecule has 3 aliphatic heterocycles. The molecule has 1 fully saturated rings. The highest BCUT2D eigenvalue weighted by molar-refractivity contribution is 7.99. The lowest BCUT2D eigenvalue weighted by Gasteiger charge is -2.39. The van der Waals surface area contributed by atoms with Gasteiger partial charge in [-0.1, -0.05) is 12.1 Å². The second kappa shape index (κ2) is 8.83. The molecule has 164 valence electrons. The van der Waals surface area contributed by atoms with Crippen molar-refractivity contribution in [2.24, 2.45) is 0 Å². The van der Waals surface area contributed by atoms with E-state index in [0.717, 1.165) is 44.2 Å². The third kappa shape index (κ3) is 4.08. The van der Waals surface area contributed by atoms with Gasteiger partial charge in [0.1, 0.15) is 5.82 Å². The third-order valence-electron chi connectivity index (χ3n) is 7.04. The molecule has 0 bridgehead atoms. The van der Waals surface area contributed by atoms with E-state index in [4.69, 9.17) is 0 Å². The normalized spacial score (nSPS) is 23.2. The van der Waals surface area contributed by atoms with Crippen LogP contribution in [-0.2, 0) is 0 Å². The van der Waals surface area contributed by atoms with Crippen LogP contribution in [0.25, 0.3) is 0 Å². The Morgan fingerprint density at radius 3 is 2.81 bits per heavy atom. The topological polar surface area (TPSA) is 26.8 Å². The van der Waals surface area contributed by atoms with E-state index in [9.17, 15) is 9.18 Å². The van der Waals surface area contributed by atoms with Crippen LogP contribution in [0.3, 0.4) is 0 Å². The first-order chi connectivity index (χ1) is 15.1. The van der Waals surface area contributed by atoms with Crippen molar-refractivity contribution < 1.29 is 9.18 Å². The van der Waals surface area contributed by atoms with Crippen LogP contribution < -0.4 is 9.80 Å². The van der Waals surface area contributed by atoms with Crippen LogP contribution in [0.1, 0.15) is 41.1 Å². The van der Waals surface area contributed by atoms with Crippen molar-refractivity contribution in [3.8, 4) is 0 Å². The van der Waals surface area contributed by atoms with Crippen LogP contribution in [0.15, 0.2) is 42.5 Å². The molecule has 3 aliphatic rings. The van der Waals surface area contributed by atoms with E-state index in [1.54, 1.807) is 17.7 Å². The molecule has 0 radical (unpaired) electrons. The van der Waals surface area contributed by atoms with E-state index in [-0.39, 0.29) is 11.6 Å². The standard InChI is InChI=1S/C25H30FN3OS/c1-27-14-15-29-22-11-13-28(12-3-6-24(30)18-7-9-19(26)10-8-18)17-31-16-21(22)20-4-2-5-23(27)25(20)29/h2,4-5,7-10,21-22H,3,6,11-17H2,1H3/t21-,22+/m1/s1. The van der Waals surface area contributed by atoms with Gasteiger partial charge in [-0.2, -0.15) is 0 Å². The van der Waals surface area contributed by atoms with Gasteiger partial charge in [0.25, 0.3) is 0 Å². The second-order valence-electron chi connectivity index (χ2n) is 8.94. The second-order valence-corrected chi connectivity index (χ2v) is 9.94. The zero-order chi connectivity index (χ0) is 21.4. The zero-order valence-corrected chi connectivity index (χ0v) is 18.9. The number of fused-ring (bicyclic) bond motifs is 3. The monoisotopic (exact) mass is 439 g/mol. The summed E-state index contributed by atoms with van der Waals surface area (Å²) in [5.74, 6) is 2.62. The van der Waals surface area contributed by atoms with Gasteiger partial charge >= 0.3 is 0 Å². The molecule has 0 unspecified atom stereocenters. The summed E-state index contributed by atoms with van der Waals surface area (Å²) in [6.45, 7) is 4.22. The summed E-state index contributed by atoms with van der Waals surface area (Å²) in [6.07, 6.45) is 2.55. The van der Waals surface area contributed by atoms with Crippen molar-refractivity contribution in [3.63, 3.8) is 0 Å². The molecule has 4 nitrogen and oxygen atoms in total. The van der Waals surface area contributed by atoms with E-state index >= 15 is 0 Å². The van der Waals surface area contributed by atoms with Crippen molar-refractivity contribution in [3.05, 3.63) is 59.4 Å². The summed E-state index contributed by atoms with van der Waals surface area (Å²) >= 11 is 2.03. The van der Waals surface area contributed by atoms with Crippen LogP contribution in [0.5, 0.6) is 0 Å². The average Bonchev–Trinajstić information content (AvgIpc) is 3.05. The number of rotatable bonds is 5. The van der Waals surface area contributed by atoms with E-state index in [0.29, 0.717) is 23.9 Å². The van der Waals surface area contributed by atoms with Gasteiger partial charge < -0.3 is 9.80 Å². The summed E-state index contributed by atoms with van der Waals surface area (Å²) in [5.41, 5.74) is 5.02. The lowest BCUT2D eigenvalue weighted by molar-refractivity contribution is 0.0975. The molecule has 2 aromatic rings. The van der Waals surface area contributed by atoms with E-state index in [1.807, 2.05) is 11.8 Å². The summed E-state index contributed by atoms with van der Waals surface area (Å²) < 4.78 is 13.1. The number of nitrogens with zero attached hydrogens (tertiary/aromatic N) is 3. The summed E-state index contributed by atoms with van der Waals surface area (Å²) in [5, 5.41) is 0. The van der Waals surface area contributed by atoms with Crippen molar-refractivity contribution in [2.75, 3.05) is 54.7 Å². The Morgan fingerprint density at radius 2 is 1.97 bits per heavy atom. The van der Waals surface area contributed by atoms with E-state index in [2.05, 4.69) is 39.9 Å². The van der Waals surface area contributed by atoms with Crippen molar-refractivity contribution in [2.45, 2.75) is 31.2 Å². The molecule has 0 N–H and O–H groups in total. The van der Waals surface area contributed by atoms with Gasteiger partial charge in [0.05, 0.1) is 11.4 Å². The number of benzene rings is 2. The fourth-order valence-electron chi connectivity index (χ4n) is 5.38. The van der Waals surface area contributed by atoms with E-state index in [1.165, 1.54) is 29.9 Å². The fraction of sp³-hybridized carbons (Fsp3) is 0.480. The van der Waals surface area contributed by atoms with Gasteiger partial charge in [0, 0.05) is 62.3 Å². The first-order valence-corrected chi connectivity index (χ1v) is 12.5. The maximum atomic E-state index is 13.1. The summed E-state index contributed by atoms with van der Waals surface area (Å²) in [4.78, 5) is 20.0.